The predicted octanol–water partition coefficient (Wildman–Crippen LogP) is 1.18. The molecule has 1 aromatic carbocycles. The number of ether oxygens (including phenoxy) is 1. The van der Waals surface area contributed by atoms with Crippen LogP contribution in [0.25, 0.3) is 0 Å². The summed E-state index contributed by atoms with van der Waals surface area (Å²) in [6.07, 6.45) is 1.02. The van der Waals surface area contributed by atoms with Crippen LogP contribution in [0.5, 0.6) is 0 Å². The molecular formula is C19H26N6O2. The van der Waals surface area contributed by atoms with Crippen LogP contribution in [-0.2, 0) is 22.5 Å². The molecule has 27 heavy (non-hydrogen) atoms. The van der Waals surface area contributed by atoms with Crippen molar-refractivity contribution >= 4 is 23.4 Å². The number of methoxy groups -OCH3 is 1. The molecule has 4 N–H and O–H groups in total. The zero-order valence-electron chi connectivity index (χ0n) is 15.7. The average Bonchev–Trinajstić information content (AvgIpc) is 2.63. The lowest BCUT2D eigenvalue weighted by Gasteiger charge is -2.40. The number of carbonyl (C=O) groups excluding carboxylic acids is 1. The van der Waals surface area contributed by atoms with Gasteiger partial charge < -0.3 is 26.0 Å². The van der Waals surface area contributed by atoms with E-state index in [0.29, 0.717) is 25.4 Å². The molecule has 144 valence electrons. The average molecular weight is 370 g/mol. The van der Waals surface area contributed by atoms with E-state index in [2.05, 4.69) is 30.2 Å². The van der Waals surface area contributed by atoms with Crippen molar-refractivity contribution in [3.8, 4) is 0 Å². The van der Waals surface area contributed by atoms with Gasteiger partial charge in [-0.1, -0.05) is 12.1 Å². The van der Waals surface area contributed by atoms with Crippen molar-refractivity contribution in [2.75, 3.05) is 43.2 Å². The van der Waals surface area contributed by atoms with Gasteiger partial charge in [0, 0.05) is 37.3 Å². The number of likely N-dealkylation sites (N-methyl/N-ethyl adjacent to an activating group) is 1. The molecule has 8 nitrogen and oxygen atoms in total. The molecule has 3 rings (SSSR count). The Bertz CT molecular complexity index is 792. The van der Waals surface area contributed by atoms with Gasteiger partial charge >= 0.3 is 5.97 Å². The molecule has 0 aliphatic carbocycles. The zero-order chi connectivity index (χ0) is 19.2. The van der Waals surface area contributed by atoms with Crippen LogP contribution in [0.4, 0.5) is 17.5 Å². The highest BCUT2D eigenvalue weighted by Crippen LogP contribution is 2.21. The molecule has 1 fully saturated rings. The maximum atomic E-state index is 11.3. The lowest BCUT2D eigenvalue weighted by molar-refractivity contribution is -0.140. The summed E-state index contributed by atoms with van der Waals surface area (Å²) in [4.78, 5) is 22.1. The van der Waals surface area contributed by atoms with Crippen molar-refractivity contribution < 1.29 is 9.53 Å². The summed E-state index contributed by atoms with van der Waals surface area (Å²) in [5, 5.41) is 6.61. The number of nitrogens with zero attached hydrogens (tertiary/aromatic N) is 3. The van der Waals surface area contributed by atoms with Gasteiger partial charge in [-0.2, -0.15) is 4.98 Å². The van der Waals surface area contributed by atoms with E-state index in [1.165, 1.54) is 7.11 Å². The van der Waals surface area contributed by atoms with E-state index in [0.717, 1.165) is 35.9 Å². The molecule has 0 bridgehead atoms. The SMILES string of the molecule is CNC1CN(c2cc(CNc3cccc(CCC(=O)OC)c3)nc(N)n2)C1. The van der Waals surface area contributed by atoms with Crippen LogP contribution in [0.15, 0.2) is 30.3 Å². The van der Waals surface area contributed by atoms with E-state index in [1.54, 1.807) is 0 Å². The van der Waals surface area contributed by atoms with E-state index in [1.807, 2.05) is 37.4 Å². The first-order valence-electron chi connectivity index (χ1n) is 9.02. The Kier molecular flexibility index (Phi) is 6.08. The van der Waals surface area contributed by atoms with Crippen LogP contribution >= 0.6 is 0 Å². The minimum atomic E-state index is -0.205. The second-order valence-corrected chi connectivity index (χ2v) is 6.60. The summed E-state index contributed by atoms with van der Waals surface area (Å²) >= 11 is 0. The molecule has 2 heterocycles. The molecule has 1 saturated heterocycles. The normalized spacial score (nSPS) is 13.9. The molecule has 1 aliphatic heterocycles. The fourth-order valence-electron chi connectivity index (χ4n) is 2.98. The van der Waals surface area contributed by atoms with Gasteiger partial charge in [0.15, 0.2) is 0 Å². The minimum Gasteiger partial charge on any atom is -0.469 e. The molecule has 0 spiro atoms. The quantitative estimate of drug-likeness (QED) is 0.595. The van der Waals surface area contributed by atoms with E-state index in [4.69, 9.17) is 5.73 Å². The number of nitrogen functional groups attached to an aromatic ring is 1. The maximum Gasteiger partial charge on any atom is 0.305 e. The number of hydrogen-bond acceptors (Lipinski definition) is 8. The molecule has 0 radical (unpaired) electrons. The molecule has 0 saturated carbocycles. The first-order chi connectivity index (χ1) is 13.1. The molecule has 1 aromatic heterocycles. The predicted molar refractivity (Wildman–Crippen MR) is 106 cm³/mol. The van der Waals surface area contributed by atoms with Crippen LogP contribution in [0.2, 0.25) is 0 Å². The summed E-state index contributed by atoms with van der Waals surface area (Å²) < 4.78 is 4.69. The lowest BCUT2D eigenvalue weighted by Crippen LogP contribution is -2.57. The second-order valence-electron chi connectivity index (χ2n) is 6.60. The van der Waals surface area contributed by atoms with Crippen LogP contribution < -0.4 is 21.3 Å². The number of rotatable bonds is 8. The Morgan fingerprint density at radius 1 is 1.33 bits per heavy atom. The van der Waals surface area contributed by atoms with Gasteiger partial charge in [-0.15, -0.1) is 0 Å². The number of aromatic nitrogens is 2. The van der Waals surface area contributed by atoms with Crippen molar-refractivity contribution in [3.63, 3.8) is 0 Å². The Labute approximate surface area is 159 Å². The first-order valence-corrected chi connectivity index (χ1v) is 9.02. The standard InChI is InChI=1S/C19H26N6O2/c1-21-16-11-25(12-16)17-9-15(23-19(20)24-17)10-22-14-5-3-4-13(8-14)6-7-18(26)27-2/h3-5,8-9,16,21-22H,6-7,10-12H2,1-2H3,(H2,20,23,24). The van der Waals surface area contributed by atoms with Crippen molar-refractivity contribution in [1.29, 1.82) is 0 Å². The van der Waals surface area contributed by atoms with E-state index in [9.17, 15) is 4.79 Å². The molecular weight excluding hydrogens is 344 g/mol. The monoisotopic (exact) mass is 370 g/mol. The molecule has 8 heteroatoms. The summed E-state index contributed by atoms with van der Waals surface area (Å²) in [7, 11) is 3.37. The molecule has 2 aromatic rings. The van der Waals surface area contributed by atoms with Crippen molar-refractivity contribution in [3.05, 3.63) is 41.6 Å². The number of anilines is 3. The number of nitrogens with two attached hydrogens (primary N) is 1. The van der Waals surface area contributed by atoms with Crippen LogP contribution in [0.3, 0.4) is 0 Å². The van der Waals surface area contributed by atoms with Crippen LogP contribution in [0.1, 0.15) is 17.7 Å². The van der Waals surface area contributed by atoms with Crippen LogP contribution in [-0.4, -0.2) is 49.2 Å². The lowest BCUT2D eigenvalue weighted by atomic mass is 10.1. The number of nitrogens with one attached hydrogen (secondary N) is 2. The molecule has 0 atom stereocenters. The van der Waals surface area contributed by atoms with Crippen molar-refractivity contribution in [2.24, 2.45) is 0 Å². The molecule has 1 aliphatic rings. The zero-order valence-corrected chi connectivity index (χ0v) is 15.7. The number of benzene rings is 1. The third-order valence-electron chi connectivity index (χ3n) is 4.64. The number of hydrogen-bond donors (Lipinski definition) is 3. The highest BCUT2D eigenvalue weighted by Gasteiger charge is 2.26. The first kappa shape index (κ1) is 18.9. The van der Waals surface area contributed by atoms with Crippen molar-refractivity contribution in [2.45, 2.75) is 25.4 Å². The van der Waals surface area contributed by atoms with E-state index < -0.39 is 0 Å². The third kappa shape index (κ3) is 5.07. The van der Waals surface area contributed by atoms with Gasteiger partial charge in [-0.05, 0) is 31.2 Å². The highest BCUT2D eigenvalue weighted by atomic mass is 16.5. The third-order valence-corrected chi connectivity index (χ3v) is 4.64. The second kappa shape index (κ2) is 8.68. The topological polar surface area (TPSA) is 105 Å². The number of carbonyl (C=O) groups is 1. The summed E-state index contributed by atoms with van der Waals surface area (Å²) in [6, 6.07) is 10.4. The molecule has 0 amide bonds. The van der Waals surface area contributed by atoms with Crippen LogP contribution in [0, 0.1) is 0 Å². The van der Waals surface area contributed by atoms with Gasteiger partial charge in [-0.25, -0.2) is 4.98 Å². The number of esters is 1. The minimum absolute atomic E-state index is 0.205. The smallest absolute Gasteiger partial charge is 0.305 e. The van der Waals surface area contributed by atoms with E-state index >= 15 is 0 Å². The fraction of sp³-hybridized carbons (Fsp3) is 0.421. The van der Waals surface area contributed by atoms with Crippen molar-refractivity contribution in [1.82, 2.24) is 15.3 Å². The van der Waals surface area contributed by atoms with Gasteiger partial charge in [0.05, 0.1) is 19.3 Å². The summed E-state index contributed by atoms with van der Waals surface area (Å²) in [5.74, 6) is 0.936. The van der Waals surface area contributed by atoms with E-state index in [-0.39, 0.29) is 11.9 Å². The Hall–Kier alpha value is -2.87. The fourth-order valence-corrected chi connectivity index (χ4v) is 2.98. The Balaban J connectivity index is 1.60. The number of aryl methyl sites for hydroxylation is 1. The van der Waals surface area contributed by atoms with Gasteiger partial charge in [0.1, 0.15) is 5.82 Å². The van der Waals surface area contributed by atoms with Gasteiger partial charge in [0.25, 0.3) is 0 Å². The molecule has 0 unspecified atom stereocenters. The maximum absolute atomic E-state index is 11.3. The largest absolute Gasteiger partial charge is 0.469 e. The summed E-state index contributed by atoms with van der Waals surface area (Å²) in [5.41, 5.74) is 8.76. The Morgan fingerprint density at radius 3 is 2.89 bits per heavy atom. The highest BCUT2D eigenvalue weighted by molar-refractivity contribution is 5.69. The van der Waals surface area contributed by atoms with Gasteiger partial charge in [0.2, 0.25) is 5.95 Å². The van der Waals surface area contributed by atoms with Gasteiger partial charge in [-0.3, -0.25) is 4.79 Å². The Morgan fingerprint density at radius 2 is 2.15 bits per heavy atom. The summed E-state index contributed by atoms with van der Waals surface area (Å²) in [6.45, 7) is 2.38.